The molecule has 0 aliphatic rings. The Kier molecular flexibility index (Phi) is 3.70. The number of rotatable bonds is 3. The van der Waals surface area contributed by atoms with Crippen LogP contribution in [0.3, 0.4) is 0 Å². The van der Waals surface area contributed by atoms with Crippen LogP contribution in [0.15, 0.2) is 36.9 Å². The fraction of sp³-hybridized carbons (Fsp3) is 0.176. The molecule has 0 heterocycles. The number of phenolic OH excluding ortho intramolecular Hbond substituents is 2. The van der Waals surface area contributed by atoms with Crippen LogP contribution in [0, 0.1) is 20.8 Å². The van der Waals surface area contributed by atoms with Gasteiger partial charge in [0.2, 0.25) is 0 Å². The van der Waals surface area contributed by atoms with E-state index in [-0.39, 0.29) is 5.75 Å². The van der Waals surface area contributed by atoms with Crippen molar-refractivity contribution in [1.29, 1.82) is 0 Å². The number of aromatic hydroxyl groups is 2. The number of benzene rings is 2. The maximum Gasteiger partial charge on any atom is 0.131 e. The zero-order chi connectivity index (χ0) is 14.9. The Labute approximate surface area is 118 Å². The fourth-order valence-corrected chi connectivity index (χ4v) is 1.98. The maximum absolute atomic E-state index is 9.89. The van der Waals surface area contributed by atoms with E-state index in [2.05, 4.69) is 6.58 Å². The van der Waals surface area contributed by atoms with Crippen LogP contribution in [-0.2, 0) is 0 Å². The number of ether oxygens (including phenoxy) is 1. The lowest BCUT2D eigenvalue weighted by atomic mass is 10.0. The van der Waals surface area contributed by atoms with Crippen molar-refractivity contribution >= 4 is 5.76 Å². The quantitative estimate of drug-likeness (QED) is 0.826. The lowest BCUT2D eigenvalue weighted by Gasteiger charge is -2.15. The molecule has 0 bridgehead atoms. The van der Waals surface area contributed by atoms with Crippen molar-refractivity contribution in [2.24, 2.45) is 0 Å². The van der Waals surface area contributed by atoms with Crippen LogP contribution in [0.2, 0.25) is 0 Å². The van der Waals surface area contributed by atoms with Gasteiger partial charge in [0.15, 0.2) is 0 Å². The van der Waals surface area contributed by atoms with E-state index in [4.69, 9.17) is 4.74 Å². The van der Waals surface area contributed by atoms with Crippen LogP contribution in [0.25, 0.3) is 5.76 Å². The molecule has 20 heavy (non-hydrogen) atoms. The second-order valence-corrected chi connectivity index (χ2v) is 4.86. The van der Waals surface area contributed by atoms with Crippen LogP contribution in [0.4, 0.5) is 0 Å². The molecule has 0 amide bonds. The number of phenols is 2. The number of aryl methyl sites for hydroxylation is 1. The third kappa shape index (κ3) is 2.62. The monoisotopic (exact) mass is 270 g/mol. The average molecular weight is 270 g/mol. The van der Waals surface area contributed by atoms with Crippen molar-refractivity contribution < 1.29 is 14.9 Å². The Morgan fingerprint density at radius 3 is 2.20 bits per heavy atom. The van der Waals surface area contributed by atoms with Crippen LogP contribution in [-0.4, -0.2) is 10.2 Å². The summed E-state index contributed by atoms with van der Waals surface area (Å²) in [6.07, 6.45) is 0. The largest absolute Gasteiger partial charge is 0.508 e. The summed E-state index contributed by atoms with van der Waals surface area (Å²) in [7, 11) is 0. The molecular weight excluding hydrogens is 252 g/mol. The summed E-state index contributed by atoms with van der Waals surface area (Å²) in [5.41, 5.74) is 3.25. The van der Waals surface area contributed by atoms with Gasteiger partial charge in [0.25, 0.3) is 0 Å². The first-order chi connectivity index (χ1) is 9.40. The van der Waals surface area contributed by atoms with E-state index in [1.54, 1.807) is 30.3 Å². The minimum atomic E-state index is 0.203. The van der Waals surface area contributed by atoms with E-state index in [0.29, 0.717) is 17.3 Å². The van der Waals surface area contributed by atoms with Gasteiger partial charge in [-0.3, -0.25) is 0 Å². The lowest BCUT2D eigenvalue weighted by Crippen LogP contribution is -1.97. The smallest absolute Gasteiger partial charge is 0.131 e. The summed E-state index contributed by atoms with van der Waals surface area (Å²) >= 11 is 0. The highest BCUT2D eigenvalue weighted by atomic mass is 16.5. The Balaban J connectivity index is 2.31. The summed E-state index contributed by atoms with van der Waals surface area (Å²) < 4.78 is 5.80. The average Bonchev–Trinajstić information content (AvgIpc) is 2.43. The SMILES string of the molecule is C=C(Oc1cc(C)c(O)c(C)c1C)c1ccc(O)cc1. The summed E-state index contributed by atoms with van der Waals surface area (Å²) in [6.45, 7) is 9.49. The van der Waals surface area contributed by atoms with E-state index in [9.17, 15) is 10.2 Å². The van der Waals surface area contributed by atoms with Gasteiger partial charge >= 0.3 is 0 Å². The second kappa shape index (κ2) is 5.29. The lowest BCUT2D eigenvalue weighted by molar-refractivity contribution is 0.460. The predicted molar refractivity (Wildman–Crippen MR) is 80.1 cm³/mol. The van der Waals surface area contributed by atoms with Gasteiger partial charge in [-0.1, -0.05) is 6.58 Å². The summed E-state index contributed by atoms with van der Waals surface area (Å²) in [5.74, 6) is 1.67. The zero-order valence-corrected chi connectivity index (χ0v) is 11.9. The molecule has 2 aromatic carbocycles. The highest BCUT2D eigenvalue weighted by Gasteiger charge is 2.12. The molecule has 2 rings (SSSR count). The highest BCUT2D eigenvalue weighted by molar-refractivity contribution is 5.62. The first-order valence-corrected chi connectivity index (χ1v) is 6.36. The third-order valence-electron chi connectivity index (χ3n) is 3.43. The molecule has 0 fully saturated rings. The summed E-state index contributed by atoms with van der Waals surface area (Å²) in [6, 6.07) is 8.46. The molecule has 0 aliphatic carbocycles. The van der Waals surface area contributed by atoms with E-state index in [1.807, 2.05) is 20.8 Å². The Morgan fingerprint density at radius 2 is 1.60 bits per heavy atom. The molecular formula is C17H18O3. The van der Waals surface area contributed by atoms with Gasteiger partial charge < -0.3 is 14.9 Å². The normalized spacial score (nSPS) is 10.3. The molecule has 104 valence electrons. The molecule has 0 aliphatic heterocycles. The van der Waals surface area contributed by atoms with Crippen molar-refractivity contribution in [2.45, 2.75) is 20.8 Å². The standard InChI is InChI=1S/C17H18O3/c1-10-9-16(11(2)12(3)17(10)19)20-13(4)14-5-7-15(18)8-6-14/h5-9,18-19H,4H2,1-3H3. The predicted octanol–water partition coefficient (Wildman–Crippen LogP) is 4.07. The Morgan fingerprint density at radius 1 is 1.00 bits per heavy atom. The van der Waals surface area contributed by atoms with Crippen molar-refractivity contribution in [1.82, 2.24) is 0 Å². The zero-order valence-electron chi connectivity index (χ0n) is 11.9. The van der Waals surface area contributed by atoms with Crippen LogP contribution in [0.5, 0.6) is 17.2 Å². The number of hydrogen-bond acceptors (Lipinski definition) is 3. The van der Waals surface area contributed by atoms with E-state index < -0.39 is 0 Å². The van der Waals surface area contributed by atoms with Gasteiger partial charge in [0, 0.05) is 5.56 Å². The molecule has 2 aromatic rings. The van der Waals surface area contributed by atoms with Gasteiger partial charge in [-0.15, -0.1) is 0 Å². The molecule has 0 aromatic heterocycles. The number of hydrogen-bond donors (Lipinski definition) is 2. The first-order valence-electron chi connectivity index (χ1n) is 6.36. The van der Waals surface area contributed by atoms with Crippen molar-refractivity contribution in [3.63, 3.8) is 0 Å². The first kappa shape index (κ1) is 14.0. The van der Waals surface area contributed by atoms with Crippen molar-refractivity contribution in [2.75, 3.05) is 0 Å². The molecule has 0 atom stereocenters. The summed E-state index contributed by atoms with van der Waals surface area (Å²) in [4.78, 5) is 0. The minimum Gasteiger partial charge on any atom is -0.508 e. The van der Waals surface area contributed by atoms with Crippen molar-refractivity contribution in [3.05, 3.63) is 59.2 Å². The van der Waals surface area contributed by atoms with Crippen molar-refractivity contribution in [3.8, 4) is 17.2 Å². The second-order valence-electron chi connectivity index (χ2n) is 4.86. The molecule has 0 saturated carbocycles. The molecule has 0 spiro atoms. The van der Waals surface area contributed by atoms with Gasteiger partial charge in [-0.2, -0.15) is 0 Å². The fourth-order valence-electron chi connectivity index (χ4n) is 1.98. The van der Waals surface area contributed by atoms with E-state index >= 15 is 0 Å². The maximum atomic E-state index is 9.89. The molecule has 0 saturated heterocycles. The highest BCUT2D eigenvalue weighted by Crippen LogP contribution is 2.34. The van der Waals surface area contributed by atoms with Gasteiger partial charge in [-0.25, -0.2) is 0 Å². The molecule has 0 radical (unpaired) electrons. The Hall–Kier alpha value is -2.42. The molecule has 3 heteroatoms. The summed E-state index contributed by atoms with van der Waals surface area (Å²) in [5, 5.41) is 19.2. The van der Waals surface area contributed by atoms with Gasteiger partial charge in [-0.05, 0) is 67.8 Å². The third-order valence-corrected chi connectivity index (χ3v) is 3.43. The van der Waals surface area contributed by atoms with Crippen LogP contribution < -0.4 is 4.74 Å². The minimum absolute atomic E-state index is 0.203. The van der Waals surface area contributed by atoms with Crippen LogP contribution >= 0.6 is 0 Å². The molecule has 3 nitrogen and oxygen atoms in total. The van der Waals surface area contributed by atoms with E-state index in [1.165, 1.54) is 0 Å². The topological polar surface area (TPSA) is 49.7 Å². The van der Waals surface area contributed by atoms with E-state index in [0.717, 1.165) is 22.3 Å². The van der Waals surface area contributed by atoms with Gasteiger partial charge in [0.05, 0.1) is 0 Å². The molecule has 0 unspecified atom stereocenters. The Bertz CT molecular complexity index is 655. The van der Waals surface area contributed by atoms with Crippen LogP contribution in [0.1, 0.15) is 22.3 Å². The molecule has 2 N–H and O–H groups in total. The van der Waals surface area contributed by atoms with Gasteiger partial charge in [0.1, 0.15) is 23.0 Å².